The number of halogens is 1. The molecule has 3 amide bonds. The molecule has 1 unspecified atom stereocenters. The van der Waals surface area contributed by atoms with Crippen molar-refractivity contribution in [1.29, 1.82) is 0 Å². The van der Waals surface area contributed by atoms with Crippen LogP contribution in [0.2, 0.25) is 5.02 Å². The fourth-order valence-electron chi connectivity index (χ4n) is 6.04. The summed E-state index contributed by atoms with van der Waals surface area (Å²) in [5.41, 5.74) is 13.0. The number of hydrogen-bond donors (Lipinski definition) is 4. The van der Waals surface area contributed by atoms with Crippen molar-refractivity contribution in [3.8, 4) is 0 Å². The molecule has 3 fully saturated rings. The predicted octanol–water partition coefficient (Wildman–Crippen LogP) is 3.39. The molecule has 5 heterocycles. The number of benzene rings is 1. The van der Waals surface area contributed by atoms with Crippen LogP contribution in [0.5, 0.6) is 0 Å². The summed E-state index contributed by atoms with van der Waals surface area (Å²) in [7, 11) is 0. The Labute approximate surface area is 247 Å². The van der Waals surface area contributed by atoms with Gasteiger partial charge >= 0.3 is 6.03 Å². The van der Waals surface area contributed by atoms with Gasteiger partial charge in [0, 0.05) is 36.0 Å². The lowest BCUT2D eigenvalue weighted by molar-refractivity contribution is -0.132. The monoisotopic (exact) mass is 600 g/mol. The number of anilines is 3. The van der Waals surface area contributed by atoms with Crippen LogP contribution in [-0.2, 0) is 9.53 Å². The minimum atomic E-state index is -0.614. The lowest BCUT2D eigenvalue weighted by Crippen LogP contribution is -2.58. The summed E-state index contributed by atoms with van der Waals surface area (Å²) >= 11 is 7.94. The first-order valence-electron chi connectivity index (χ1n) is 13.7. The number of carbonyl (C=O) groups is 2. The molecule has 0 aliphatic carbocycles. The third-order valence-electron chi connectivity index (χ3n) is 8.49. The minimum absolute atomic E-state index is 0.0397. The van der Waals surface area contributed by atoms with Crippen molar-refractivity contribution in [2.24, 2.45) is 11.1 Å². The van der Waals surface area contributed by atoms with E-state index in [-0.39, 0.29) is 28.2 Å². The molecule has 0 radical (unpaired) electrons. The lowest BCUT2D eigenvalue weighted by Gasteiger charge is -2.44. The van der Waals surface area contributed by atoms with E-state index >= 15 is 0 Å². The van der Waals surface area contributed by atoms with E-state index in [0.29, 0.717) is 47.6 Å². The number of ether oxygens (including phenoxy) is 1. The fourth-order valence-corrected chi connectivity index (χ4v) is 7.14. The summed E-state index contributed by atoms with van der Waals surface area (Å²) in [5, 5.41) is 13.7. The largest absolute Gasteiger partial charge is 0.494 e. The predicted molar refractivity (Wildman–Crippen MR) is 156 cm³/mol. The van der Waals surface area contributed by atoms with Crippen LogP contribution < -0.4 is 21.7 Å². The maximum atomic E-state index is 13.2. The second-order valence-electron chi connectivity index (χ2n) is 10.9. The number of rotatable bonds is 4. The summed E-state index contributed by atoms with van der Waals surface area (Å²) in [6.45, 7) is 3.50. The summed E-state index contributed by atoms with van der Waals surface area (Å²) < 4.78 is 5.62. The Morgan fingerprint density at radius 1 is 1.24 bits per heavy atom. The second-order valence-corrected chi connectivity index (χ2v) is 12.3. The van der Waals surface area contributed by atoms with Crippen molar-refractivity contribution < 1.29 is 19.4 Å². The Bertz CT molecular complexity index is 1390. The van der Waals surface area contributed by atoms with E-state index in [9.17, 15) is 14.7 Å². The van der Waals surface area contributed by atoms with Crippen molar-refractivity contribution in [3.63, 3.8) is 0 Å². The zero-order valence-corrected chi connectivity index (χ0v) is 24.0. The first-order chi connectivity index (χ1) is 19.8. The van der Waals surface area contributed by atoms with Crippen molar-refractivity contribution in [2.45, 2.75) is 54.2 Å². The number of nitrogens with two attached hydrogens (primary N) is 2. The second kappa shape index (κ2) is 11.2. The molecule has 0 saturated carbocycles. The maximum Gasteiger partial charge on any atom is 0.330 e. The number of nitrogens with one attached hydrogen (secondary N) is 1. The molecule has 4 aliphatic rings. The van der Waals surface area contributed by atoms with Gasteiger partial charge in [-0.2, -0.15) is 0 Å². The number of imide groups is 1. The van der Waals surface area contributed by atoms with E-state index in [1.807, 2.05) is 0 Å². The molecule has 12 nitrogen and oxygen atoms in total. The first kappa shape index (κ1) is 27.9. The van der Waals surface area contributed by atoms with Gasteiger partial charge in [-0.1, -0.05) is 29.4 Å². The van der Waals surface area contributed by atoms with E-state index in [4.69, 9.17) is 27.8 Å². The van der Waals surface area contributed by atoms with Gasteiger partial charge in [0.05, 0.1) is 36.2 Å². The highest BCUT2D eigenvalue weighted by atomic mass is 35.5. The van der Waals surface area contributed by atoms with Crippen molar-refractivity contribution in [3.05, 3.63) is 41.4 Å². The van der Waals surface area contributed by atoms with Crippen LogP contribution in [-0.4, -0.2) is 81.9 Å². The summed E-state index contributed by atoms with van der Waals surface area (Å²) in [4.78, 5) is 40.7. The molecule has 4 aliphatic heterocycles. The third kappa shape index (κ3) is 5.27. The van der Waals surface area contributed by atoms with E-state index in [2.05, 4.69) is 20.2 Å². The smallest absolute Gasteiger partial charge is 0.330 e. The molecule has 2 atom stereocenters. The minimum Gasteiger partial charge on any atom is -0.494 e. The Hall–Kier alpha value is -3.26. The van der Waals surface area contributed by atoms with Crippen LogP contribution >= 0.6 is 23.4 Å². The van der Waals surface area contributed by atoms with Crippen LogP contribution in [0.1, 0.15) is 32.1 Å². The van der Waals surface area contributed by atoms with E-state index in [1.165, 1.54) is 11.8 Å². The highest BCUT2D eigenvalue weighted by molar-refractivity contribution is 7.99. The maximum absolute atomic E-state index is 13.2. The Morgan fingerprint density at radius 2 is 2.05 bits per heavy atom. The first-order valence-corrected chi connectivity index (χ1v) is 14.9. The highest BCUT2D eigenvalue weighted by Gasteiger charge is 2.44. The fraction of sp³-hybridized carbons (Fsp3) is 0.481. The number of hydrogen-bond acceptors (Lipinski definition) is 11. The molecular formula is C27H33ClN8O4S. The number of piperidine rings is 2. The number of nitrogen functional groups attached to an aromatic ring is 1. The van der Waals surface area contributed by atoms with Gasteiger partial charge in [0.2, 0.25) is 0 Å². The molecule has 6 rings (SSSR count). The number of aromatic nitrogens is 2. The molecule has 2 aromatic rings. The van der Waals surface area contributed by atoms with Gasteiger partial charge in [0.15, 0.2) is 11.7 Å². The molecule has 1 spiro atoms. The number of aliphatic hydroxyl groups excluding tert-OH is 1. The van der Waals surface area contributed by atoms with Crippen LogP contribution in [0, 0.1) is 5.41 Å². The molecule has 1 aromatic carbocycles. The summed E-state index contributed by atoms with van der Waals surface area (Å²) in [6, 6.07) is 4.66. The number of urea groups is 1. The van der Waals surface area contributed by atoms with Gasteiger partial charge in [-0.3, -0.25) is 4.79 Å². The molecule has 0 bridgehead atoms. The summed E-state index contributed by atoms with van der Waals surface area (Å²) in [6.07, 6.45) is 6.40. The van der Waals surface area contributed by atoms with Crippen LogP contribution in [0.15, 0.2) is 46.3 Å². The van der Waals surface area contributed by atoms with Crippen molar-refractivity contribution in [1.82, 2.24) is 19.8 Å². The average Bonchev–Trinajstić information content (AvgIpc) is 3.31. The van der Waals surface area contributed by atoms with Gasteiger partial charge in [-0.05, 0) is 44.2 Å². The lowest BCUT2D eigenvalue weighted by atomic mass is 9.75. The molecule has 1 aromatic heterocycles. The normalized spacial score (nSPS) is 23.9. The molecule has 3 saturated heterocycles. The average molecular weight is 601 g/mol. The highest BCUT2D eigenvalue weighted by Crippen LogP contribution is 2.41. The number of fused-ring (bicyclic) bond motifs is 1. The van der Waals surface area contributed by atoms with Gasteiger partial charge in [0.25, 0.3) is 5.91 Å². The molecular weight excluding hydrogens is 568 g/mol. The third-order valence-corrected chi connectivity index (χ3v) is 10.1. The molecule has 218 valence electrons. The van der Waals surface area contributed by atoms with Crippen LogP contribution in [0.25, 0.3) is 0 Å². The topological polar surface area (TPSA) is 163 Å². The van der Waals surface area contributed by atoms with Crippen LogP contribution in [0.4, 0.5) is 22.1 Å². The van der Waals surface area contributed by atoms with Crippen molar-refractivity contribution >= 4 is 52.6 Å². The van der Waals surface area contributed by atoms with E-state index in [0.717, 1.165) is 49.7 Å². The number of carbonyl (C=O) groups excluding carboxylic acids is 2. The molecule has 6 N–H and O–H groups in total. The zero-order valence-electron chi connectivity index (χ0n) is 22.5. The van der Waals surface area contributed by atoms with Gasteiger partial charge in [-0.25, -0.2) is 19.7 Å². The number of nitrogens with zero attached hydrogens (tertiary/aromatic N) is 5. The summed E-state index contributed by atoms with van der Waals surface area (Å²) in [5.74, 6) is 0.310. The standard InChI is InChI=1S/C27H33ClN8O4S/c28-23-16(32-26(39)36-20-6-1-2-9-35(20)21(37)12-22(36)38)4-3-5-17(23)41-25-24(30)33-19(13-31-25)34-10-7-27(8-11-34)15-40-14-18(27)29/h3-5,12-13,18,20,37H,1-2,6-11,14-15,29H2,(H2,30,33)(H,32,39)/t18?,20-/m0/s1. The zero-order chi connectivity index (χ0) is 28.7. The molecule has 14 heteroatoms. The Kier molecular flexibility index (Phi) is 7.62. The molecule has 41 heavy (non-hydrogen) atoms. The van der Waals surface area contributed by atoms with Crippen molar-refractivity contribution in [2.75, 3.05) is 48.8 Å². The number of amides is 3. The SMILES string of the molecule is Nc1nc(N2CCC3(CC2)COCC3N)cnc1Sc1cccc(NC(=O)N2C(=O)C=C(O)N3CCCC[C@@H]32)c1Cl. The quantitative estimate of drug-likeness (QED) is 0.407. The Morgan fingerprint density at radius 3 is 2.78 bits per heavy atom. The van der Waals surface area contributed by atoms with Gasteiger partial charge in [0.1, 0.15) is 17.0 Å². The van der Waals surface area contributed by atoms with E-state index in [1.54, 1.807) is 29.3 Å². The number of aliphatic hydroxyl groups is 1. The van der Waals surface area contributed by atoms with E-state index < -0.39 is 18.1 Å². The Balaban J connectivity index is 1.14. The van der Waals surface area contributed by atoms with Crippen LogP contribution in [0.3, 0.4) is 0 Å². The van der Waals surface area contributed by atoms with Gasteiger partial charge in [-0.15, -0.1) is 0 Å². The van der Waals surface area contributed by atoms with Gasteiger partial charge < -0.3 is 36.4 Å².